The number of aryl methyl sites for hydroxylation is 1. The molecule has 0 spiro atoms. The minimum atomic E-state index is -0.516. The fourth-order valence-corrected chi connectivity index (χ4v) is 2.82. The third-order valence-corrected chi connectivity index (χ3v) is 4.14. The predicted molar refractivity (Wildman–Crippen MR) is 75.5 cm³/mol. The average Bonchev–Trinajstić information content (AvgIpc) is 2.85. The van der Waals surface area contributed by atoms with E-state index in [1.807, 2.05) is 43.5 Å². The first kappa shape index (κ1) is 13.1. The second-order valence-corrected chi connectivity index (χ2v) is 5.46. The van der Waals surface area contributed by atoms with E-state index in [4.69, 9.17) is 4.74 Å². The molecule has 0 saturated heterocycles. The van der Waals surface area contributed by atoms with Gasteiger partial charge in [-0.15, -0.1) is 11.3 Å². The van der Waals surface area contributed by atoms with Crippen LogP contribution in [0.3, 0.4) is 0 Å². The Bertz CT molecular complexity index is 518. The zero-order valence-electron chi connectivity index (χ0n) is 10.9. The highest BCUT2D eigenvalue weighted by molar-refractivity contribution is 7.09. The van der Waals surface area contributed by atoms with Gasteiger partial charge in [0.05, 0.1) is 13.2 Å². The number of benzene rings is 1. The van der Waals surface area contributed by atoms with Crippen molar-refractivity contribution in [1.29, 1.82) is 0 Å². The maximum Gasteiger partial charge on any atom is 0.127 e. The second kappa shape index (κ2) is 5.55. The summed E-state index contributed by atoms with van der Waals surface area (Å²) in [5.74, 6) is 0.805. The van der Waals surface area contributed by atoms with E-state index in [1.165, 1.54) is 10.4 Å². The quantitative estimate of drug-likeness (QED) is 0.911. The standard InChI is InChI=1S/C15H18O2S/c1-10-6-7-13(15(17-3)11(10)2)14(16)9-12-5-4-8-18-12/h4-8,14,16H,9H2,1-3H3. The number of ether oxygens (including phenoxy) is 1. The van der Waals surface area contributed by atoms with Gasteiger partial charge >= 0.3 is 0 Å². The zero-order valence-corrected chi connectivity index (χ0v) is 11.8. The van der Waals surface area contributed by atoms with E-state index < -0.39 is 6.10 Å². The topological polar surface area (TPSA) is 29.5 Å². The molecule has 0 amide bonds. The molecule has 0 fully saturated rings. The van der Waals surface area contributed by atoms with Crippen LogP contribution in [0.4, 0.5) is 0 Å². The lowest BCUT2D eigenvalue weighted by molar-refractivity contribution is 0.175. The largest absolute Gasteiger partial charge is 0.496 e. The highest BCUT2D eigenvalue weighted by atomic mass is 32.1. The van der Waals surface area contributed by atoms with Gasteiger partial charge in [-0.1, -0.05) is 18.2 Å². The number of hydrogen-bond acceptors (Lipinski definition) is 3. The van der Waals surface area contributed by atoms with Gasteiger partial charge in [-0.05, 0) is 36.4 Å². The lowest BCUT2D eigenvalue weighted by Gasteiger charge is -2.17. The maximum absolute atomic E-state index is 10.3. The molecule has 3 heteroatoms. The Morgan fingerprint density at radius 2 is 2.06 bits per heavy atom. The van der Waals surface area contributed by atoms with Crippen LogP contribution in [0.2, 0.25) is 0 Å². The number of aliphatic hydroxyl groups excluding tert-OH is 1. The van der Waals surface area contributed by atoms with Crippen LogP contribution in [0, 0.1) is 13.8 Å². The normalized spacial score (nSPS) is 12.4. The van der Waals surface area contributed by atoms with Crippen molar-refractivity contribution in [1.82, 2.24) is 0 Å². The summed E-state index contributed by atoms with van der Waals surface area (Å²) in [7, 11) is 1.66. The van der Waals surface area contributed by atoms with Gasteiger partial charge in [0, 0.05) is 16.9 Å². The van der Waals surface area contributed by atoms with Gasteiger partial charge in [0.25, 0.3) is 0 Å². The Hall–Kier alpha value is -1.32. The molecule has 1 atom stereocenters. The molecule has 0 bridgehead atoms. The van der Waals surface area contributed by atoms with E-state index in [-0.39, 0.29) is 0 Å². The Labute approximate surface area is 112 Å². The van der Waals surface area contributed by atoms with Crippen molar-refractivity contribution in [3.05, 3.63) is 51.2 Å². The summed E-state index contributed by atoms with van der Waals surface area (Å²) in [6, 6.07) is 8.04. The molecule has 0 radical (unpaired) electrons. The fourth-order valence-electron chi connectivity index (χ4n) is 2.07. The number of rotatable bonds is 4. The molecular formula is C15H18O2S. The van der Waals surface area contributed by atoms with Crippen molar-refractivity contribution in [3.63, 3.8) is 0 Å². The lowest BCUT2D eigenvalue weighted by Crippen LogP contribution is -2.05. The molecule has 0 aliphatic carbocycles. The van der Waals surface area contributed by atoms with Crippen LogP contribution in [-0.2, 0) is 6.42 Å². The Balaban J connectivity index is 2.30. The summed E-state index contributed by atoms with van der Waals surface area (Å²) in [4.78, 5) is 1.18. The molecular weight excluding hydrogens is 244 g/mol. The Kier molecular flexibility index (Phi) is 4.04. The Morgan fingerprint density at radius 1 is 1.28 bits per heavy atom. The number of aliphatic hydroxyl groups is 1. The summed E-state index contributed by atoms with van der Waals surface area (Å²) in [6.07, 6.45) is 0.120. The van der Waals surface area contributed by atoms with Crippen LogP contribution in [-0.4, -0.2) is 12.2 Å². The van der Waals surface area contributed by atoms with Gasteiger partial charge in [-0.25, -0.2) is 0 Å². The summed E-state index contributed by atoms with van der Waals surface area (Å²) in [5.41, 5.74) is 3.15. The number of methoxy groups -OCH3 is 1. The van der Waals surface area contributed by atoms with E-state index in [1.54, 1.807) is 18.4 Å². The van der Waals surface area contributed by atoms with Crippen molar-refractivity contribution in [2.24, 2.45) is 0 Å². The zero-order chi connectivity index (χ0) is 13.1. The van der Waals surface area contributed by atoms with Crippen molar-refractivity contribution < 1.29 is 9.84 Å². The van der Waals surface area contributed by atoms with Crippen molar-refractivity contribution in [3.8, 4) is 5.75 Å². The number of thiophene rings is 1. The highest BCUT2D eigenvalue weighted by Crippen LogP contribution is 2.32. The first-order valence-corrected chi connectivity index (χ1v) is 6.86. The summed E-state index contributed by atoms with van der Waals surface area (Å²) in [5, 5.41) is 12.4. The molecule has 1 unspecified atom stereocenters. The van der Waals surface area contributed by atoms with Crippen molar-refractivity contribution in [2.45, 2.75) is 26.4 Å². The molecule has 0 aliphatic heterocycles. The third-order valence-electron chi connectivity index (χ3n) is 3.24. The SMILES string of the molecule is COc1c(C(O)Cc2cccs2)ccc(C)c1C. The van der Waals surface area contributed by atoms with Crippen molar-refractivity contribution in [2.75, 3.05) is 7.11 Å². The highest BCUT2D eigenvalue weighted by Gasteiger charge is 2.16. The van der Waals surface area contributed by atoms with Crippen LogP contribution in [0.15, 0.2) is 29.6 Å². The molecule has 1 heterocycles. The lowest BCUT2D eigenvalue weighted by atomic mass is 9.98. The molecule has 18 heavy (non-hydrogen) atoms. The molecule has 1 aromatic carbocycles. The molecule has 0 saturated carbocycles. The van der Waals surface area contributed by atoms with Gasteiger partial charge in [0.15, 0.2) is 0 Å². The first-order chi connectivity index (χ1) is 8.63. The minimum Gasteiger partial charge on any atom is -0.496 e. The average molecular weight is 262 g/mol. The first-order valence-electron chi connectivity index (χ1n) is 5.98. The molecule has 1 aromatic heterocycles. The van der Waals surface area contributed by atoms with E-state index in [0.29, 0.717) is 6.42 Å². The fraction of sp³-hybridized carbons (Fsp3) is 0.333. The predicted octanol–water partition coefficient (Wildman–Crippen LogP) is 3.65. The number of hydrogen-bond donors (Lipinski definition) is 1. The maximum atomic E-state index is 10.3. The van der Waals surface area contributed by atoms with Gasteiger partial charge < -0.3 is 9.84 Å². The van der Waals surface area contributed by atoms with E-state index in [2.05, 4.69) is 0 Å². The van der Waals surface area contributed by atoms with E-state index in [0.717, 1.165) is 16.9 Å². The van der Waals surface area contributed by atoms with Crippen LogP contribution < -0.4 is 4.74 Å². The second-order valence-electron chi connectivity index (χ2n) is 4.43. The summed E-state index contributed by atoms with van der Waals surface area (Å²) >= 11 is 1.67. The van der Waals surface area contributed by atoms with Crippen LogP contribution in [0.25, 0.3) is 0 Å². The van der Waals surface area contributed by atoms with E-state index in [9.17, 15) is 5.11 Å². The smallest absolute Gasteiger partial charge is 0.127 e. The molecule has 0 aliphatic rings. The van der Waals surface area contributed by atoms with Gasteiger partial charge in [-0.2, -0.15) is 0 Å². The molecule has 2 rings (SSSR count). The minimum absolute atomic E-state index is 0.516. The molecule has 2 aromatic rings. The summed E-state index contributed by atoms with van der Waals surface area (Å²) in [6.45, 7) is 4.07. The van der Waals surface area contributed by atoms with Crippen LogP contribution in [0.1, 0.15) is 27.7 Å². The molecule has 2 nitrogen and oxygen atoms in total. The molecule has 96 valence electrons. The van der Waals surface area contributed by atoms with Crippen LogP contribution in [0.5, 0.6) is 5.75 Å². The molecule has 1 N–H and O–H groups in total. The monoisotopic (exact) mass is 262 g/mol. The van der Waals surface area contributed by atoms with Gasteiger partial charge in [0.2, 0.25) is 0 Å². The van der Waals surface area contributed by atoms with Gasteiger partial charge in [-0.3, -0.25) is 0 Å². The van der Waals surface area contributed by atoms with E-state index >= 15 is 0 Å². The van der Waals surface area contributed by atoms with Crippen molar-refractivity contribution >= 4 is 11.3 Å². The van der Waals surface area contributed by atoms with Gasteiger partial charge in [0.1, 0.15) is 5.75 Å². The Morgan fingerprint density at radius 3 is 2.67 bits per heavy atom. The van der Waals surface area contributed by atoms with Crippen LogP contribution >= 0.6 is 11.3 Å². The third kappa shape index (κ3) is 2.57. The summed E-state index contributed by atoms with van der Waals surface area (Å²) < 4.78 is 5.44.